The van der Waals surface area contributed by atoms with E-state index < -0.39 is 0 Å². The van der Waals surface area contributed by atoms with Crippen LogP contribution in [-0.4, -0.2) is 15.8 Å². The molecule has 0 radical (unpaired) electrons. The quantitative estimate of drug-likeness (QED) is 0.918. The molecule has 0 aliphatic rings. The molecule has 19 heavy (non-hydrogen) atoms. The predicted octanol–water partition coefficient (Wildman–Crippen LogP) is 2.72. The summed E-state index contributed by atoms with van der Waals surface area (Å²) in [6.45, 7) is 6.01. The number of ether oxygens (including phenoxy) is 1. The van der Waals surface area contributed by atoms with E-state index in [2.05, 4.69) is 5.10 Å². The third kappa shape index (κ3) is 2.96. The lowest BCUT2D eigenvalue weighted by Crippen LogP contribution is -2.18. The maximum Gasteiger partial charge on any atom is 0.221 e. The van der Waals surface area contributed by atoms with E-state index in [1.54, 1.807) is 4.68 Å². The van der Waals surface area contributed by atoms with Crippen molar-refractivity contribution in [2.24, 2.45) is 12.8 Å². The first-order valence-corrected chi connectivity index (χ1v) is 6.50. The van der Waals surface area contributed by atoms with Gasteiger partial charge in [0.1, 0.15) is 5.75 Å². The molecule has 0 bridgehead atoms. The van der Waals surface area contributed by atoms with Gasteiger partial charge in [0.25, 0.3) is 0 Å². The third-order valence-electron chi connectivity index (χ3n) is 3.12. The molecule has 0 aliphatic carbocycles. The van der Waals surface area contributed by atoms with Crippen LogP contribution in [0.4, 0.5) is 0 Å². The fraction of sp³-hybridized carbons (Fsp3) is 0.400. The fourth-order valence-electron chi connectivity index (χ4n) is 2.14. The van der Waals surface area contributed by atoms with E-state index >= 15 is 0 Å². The van der Waals surface area contributed by atoms with Crippen LogP contribution in [0.15, 0.2) is 24.3 Å². The standard InChI is InChI=1S/C15H21N3O/c1-10-7-5-6-8-14(10)19-15-13(9-11(2)16)12(3)17-18(15)4/h5-8,11H,9,16H2,1-4H3. The van der Waals surface area contributed by atoms with Crippen LogP contribution in [0.5, 0.6) is 11.6 Å². The summed E-state index contributed by atoms with van der Waals surface area (Å²) in [7, 11) is 1.89. The lowest BCUT2D eigenvalue weighted by molar-refractivity contribution is 0.422. The molecular weight excluding hydrogens is 238 g/mol. The molecule has 102 valence electrons. The highest BCUT2D eigenvalue weighted by Crippen LogP contribution is 2.29. The molecule has 0 saturated carbocycles. The van der Waals surface area contributed by atoms with Crippen molar-refractivity contribution in [3.8, 4) is 11.6 Å². The predicted molar refractivity (Wildman–Crippen MR) is 76.6 cm³/mol. The summed E-state index contributed by atoms with van der Waals surface area (Å²) < 4.78 is 7.81. The Labute approximate surface area is 114 Å². The molecule has 0 spiro atoms. The number of nitrogens with two attached hydrogens (primary N) is 1. The molecule has 2 rings (SSSR count). The van der Waals surface area contributed by atoms with E-state index in [4.69, 9.17) is 10.5 Å². The van der Waals surface area contributed by atoms with Crippen LogP contribution >= 0.6 is 0 Å². The van der Waals surface area contributed by atoms with Crippen LogP contribution < -0.4 is 10.5 Å². The van der Waals surface area contributed by atoms with Crippen molar-refractivity contribution in [2.75, 3.05) is 0 Å². The molecule has 0 saturated heterocycles. The number of rotatable bonds is 4. The molecule has 4 nitrogen and oxygen atoms in total. The highest BCUT2D eigenvalue weighted by Gasteiger charge is 2.17. The zero-order chi connectivity index (χ0) is 14.0. The van der Waals surface area contributed by atoms with Crippen molar-refractivity contribution in [2.45, 2.75) is 33.2 Å². The van der Waals surface area contributed by atoms with Gasteiger partial charge in [0.2, 0.25) is 5.88 Å². The van der Waals surface area contributed by atoms with Crippen molar-refractivity contribution < 1.29 is 4.74 Å². The first-order valence-electron chi connectivity index (χ1n) is 6.50. The molecule has 0 amide bonds. The van der Waals surface area contributed by atoms with Gasteiger partial charge in [-0.25, -0.2) is 4.68 Å². The Morgan fingerprint density at radius 1 is 1.32 bits per heavy atom. The highest BCUT2D eigenvalue weighted by atomic mass is 16.5. The summed E-state index contributed by atoms with van der Waals surface area (Å²) in [5.41, 5.74) is 9.07. The Balaban J connectivity index is 2.37. The van der Waals surface area contributed by atoms with Gasteiger partial charge >= 0.3 is 0 Å². The molecule has 2 N–H and O–H groups in total. The van der Waals surface area contributed by atoms with Crippen LogP contribution in [0.1, 0.15) is 23.7 Å². The summed E-state index contributed by atoms with van der Waals surface area (Å²) in [5, 5.41) is 4.43. The normalized spacial score (nSPS) is 12.5. The molecule has 0 fully saturated rings. The number of benzene rings is 1. The van der Waals surface area contributed by atoms with E-state index in [0.717, 1.165) is 34.9 Å². The van der Waals surface area contributed by atoms with Gasteiger partial charge in [0.05, 0.1) is 5.69 Å². The summed E-state index contributed by atoms with van der Waals surface area (Å²) in [5.74, 6) is 1.64. The number of hydrogen-bond acceptors (Lipinski definition) is 3. The Morgan fingerprint density at radius 3 is 2.63 bits per heavy atom. The van der Waals surface area contributed by atoms with Crippen LogP contribution in [0.25, 0.3) is 0 Å². The summed E-state index contributed by atoms with van der Waals surface area (Å²) in [6, 6.07) is 8.05. The lowest BCUT2D eigenvalue weighted by Gasteiger charge is -2.12. The van der Waals surface area contributed by atoms with Gasteiger partial charge in [-0.2, -0.15) is 5.10 Å². The van der Waals surface area contributed by atoms with E-state index in [1.165, 1.54) is 0 Å². The molecule has 1 heterocycles. The first kappa shape index (κ1) is 13.6. The maximum absolute atomic E-state index is 6.04. The minimum absolute atomic E-state index is 0.0853. The highest BCUT2D eigenvalue weighted by molar-refractivity contribution is 5.39. The van der Waals surface area contributed by atoms with Crippen LogP contribution in [0.3, 0.4) is 0 Å². The fourth-order valence-corrected chi connectivity index (χ4v) is 2.14. The third-order valence-corrected chi connectivity index (χ3v) is 3.12. The average Bonchev–Trinajstić information content (AvgIpc) is 2.58. The van der Waals surface area contributed by atoms with Crippen LogP contribution in [0.2, 0.25) is 0 Å². The van der Waals surface area contributed by atoms with Gasteiger partial charge in [-0.3, -0.25) is 0 Å². The zero-order valence-electron chi connectivity index (χ0n) is 12.0. The molecule has 1 atom stereocenters. The van der Waals surface area contributed by atoms with Crippen molar-refractivity contribution in [3.05, 3.63) is 41.1 Å². The lowest BCUT2D eigenvalue weighted by atomic mass is 10.1. The van der Waals surface area contributed by atoms with Gasteiger partial charge in [-0.05, 0) is 38.8 Å². The van der Waals surface area contributed by atoms with E-state index in [9.17, 15) is 0 Å². The van der Waals surface area contributed by atoms with E-state index in [0.29, 0.717) is 0 Å². The second-order valence-corrected chi connectivity index (χ2v) is 5.04. The van der Waals surface area contributed by atoms with Gasteiger partial charge in [-0.15, -0.1) is 0 Å². The van der Waals surface area contributed by atoms with Gasteiger partial charge in [0.15, 0.2) is 0 Å². The molecule has 1 unspecified atom stereocenters. The molecule has 1 aromatic heterocycles. The van der Waals surface area contributed by atoms with Crippen molar-refractivity contribution in [3.63, 3.8) is 0 Å². The maximum atomic E-state index is 6.04. The SMILES string of the molecule is Cc1ccccc1Oc1c(CC(C)N)c(C)nn1C. The van der Waals surface area contributed by atoms with Crippen molar-refractivity contribution in [1.29, 1.82) is 0 Å². The first-order chi connectivity index (χ1) is 8.99. The monoisotopic (exact) mass is 259 g/mol. The second kappa shape index (κ2) is 5.45. The van der Waals surface area contributed by atoms with Crippen LogP contribution in [0, 0.1) is 13.8 Å². The number of para-hydroxylation sites is 1. The Morgan fingerprint density at radius 2 is 2.00 bits per heavy atom. The minimum atomic E-state index is 0.0853. The van der Waals surface area contributed by atoms with E-state index in [1.807, 2.05) is 52.1 Å². The van der Waals surface area contributed by atoms with Crippen molar-refractivity contribution in [1.82, 2.24) is 9.78 Å². The number of aromatic nitrogens is 2. The van der Waals surface area contributed by atoms with Crippen LogP contribution in [-0.2, 0) is 13.5 Å². The molecule has 2 aromatic rings. The Kier molecular flexibility index (Phi) is 3.90. The number of aryl methyl sites for hydroxylation is 3. The summed E-state index contributed by atoms with van der Waals surface area (Å²) in [6.07, 6.45) is 0.765. The largest absolute Gasteiger partial charge is 0.439 e. The van der Waals surface area contributed by atoms with Gasteiger partial charge < -0.3 is 10.5 Å². The zero-order valence-corrected chi connectivity index (χ0v) is 12.0. The Bertz CT molecular complexity index is 573. The second-order valence-electron chi connectivity index (χ2n) is 5.04. The number of hydrogen-bond donors (Lipinski definition) is 1. The minimum Gasteiger partial charge on any atom is -0.439 e. The summed E-state index contributed by atoms with van der Waals surface area (Å²) >= 11 is 0. The van der Waals surface area contributed by atoms with Crippen molar-refractivity contribution >= 4 is 0 Å². The van der Waals surface area contributed by atoms with Gasteiger partial charge in [-0.1, -0.05) is 18.2 Å². The molecular formula is C15H21N3O. The van der Waals surface area contributed by atoms with Gasteiger partial charge in [0, 0.05) is 18.7 Å². The molecule has 1 aromatic carbocycles. The summed E-state index contributed by atoms with van der Waals surface area (Å²) in [4.78, 5) is 0. The van der Waals surface area contributed by atoms with E-state index in [-0.39, 0.29) is 6.04 Å². The smallest absolute Gasteiger partial charge is 0.221 e. The number of nitrogens with zero attached hydrogens (tertiary/aromatic N) is 2. The molecule has 4 heteroatoms. The Hall–Kier alpha value is -1.81. The topological polar surface area (TPSA) is 53.1 Å². The average molecular weight is 259 g/mol. The molecule has 0 aliphatic heterocycles.